The number of aliphatic imine (C=N–C) groups is 2. The first-order valence-corrected chi connectivity index (χ1v) is 12.7. The predicted octanol–water partition coefficient (Wildman–Crippen LogP) is 4.82. The van der Waals surface area contributed by atoms with Crippen molar-refractivity contribution in [1.82, 2.24) is 15.3 Å². The Labute approximate surface area is 206 Å². The van der Waals surface area contributed by atoms with Crippen LogP contribution in [0.2, 0.25) is 0 Å². The Morgan fingerprint density at radius 1 is 1.23 bits per heavy atom. The van der Waals surface area contributed by atoms with E-state index in [0.717, 1.165) is 43.6 Å². The lowest BCUT2D eigenvalue weighted by Gasteiger charge is -2.35. The molecule has 2 aliphatic rings. The van der Waals surface area contributed by atoms with Gasteiger partial charge in [0.1, 0.15) is 17.4 Å². The molecule has 1 saturated heterocycles. The van der Waals surface area contributed by atoms with E-state index in [-0.39, 0.29) is 5.78 Å². The molecule has 35 heavy (non-hydrogen) atoms. The topological polar surface area (TPSA) is 52.5 Å². The number of allylic oxidation sites excluding steroid dienone is 1. The van der Waals surface area contributed by atoms with Gasteiger partial charge in [0, 0.05) is 31.6 Å². The molecule has 184 valence electrons. The minimum atomic E-state index is -0.617. The average Bonchev–Trinajstić information content (AvgIpc) is 2.80. The van der Waals surface area contributed by atoms with E-state index in [0.29, 0.717) is 20.8 Å². The summed E-state index contributed by atoms with van der Waals surface area (Å²) in [5.41, 5.74) is 6.97. The lowest BCUT2D eigenvalue weighted by Crippen LogP contribution is -2.50. The van der Waals surface area contributed by atoms with Gasteiger partial charge in [-0.25, -0.2) is 13.8 Å². The highest BCUT2D eigenvalue weighted by atomic mass is 31.1. The fourth-order valence-electron chi connectivity index (χ4n) is 3.72. The fourth-order valence-corrected chi connectivity index (χ4v) is 4.74. The van der Waals surface area contributed by atoms with Gasteiger partial charge in [0.05, 0.1) is 30.8 Å². The molecule has 2 heterocycles. The number of benzene rings is 2. The van der Waals surface area contributed by atoms with Gasteiger partial charge in [-0.05, 0) is 55.2 Å². The lowest BCUT2D eigenvalue weighted by atomic mass is 10.1. The maximum Gasteiger partial charge on any atom is 0.137 e. The van der Waals surface area contributed by atoms with Crippen molar-refractivity contribution in [3.63, 3.8) is 0 Å². The van der Waals surface area contributed by atoms with Crippen LogP contribution in [0.25, 0.3) is 0 Å². The summed E-state index contributed by atoms with van der Waals surface area (Å²) < 4.78 is 32.3. The molecule has 0 radical (unpaired) electrons. The van der Waals surface area contributed by atoms with Crippen molar-refractivity contribution >= 4 is 21.0 Å². The van der Waals surface area contributed by atoms with Crippen LogP contribution in [0.5, 0.6) is 0 Å². The molecule has 2 unspecified atom stereocenters. The second-order valence-corrected chi connectivity index (χ2v) is 9.92. The van der Waals surface area contributed by atoms with E-state index in [1.807, 2.05) is 6.21 Å². The molecule has 0 saturated carbocycles. The molecule has 1 N–H and O–H groups in total. The van der Waals surface area contributed by atoms with Crippen LogP contribution in [0, 0.1) is 11.6 Å². The second kappa shape index (κ2) is 12.2. The first-order valence-electron chi connectivity index (χ1n) is 11.5. The van der Waals surface area contributed by atoms with Crippen molar-refractivity contribution in [1.29, 1.82) is 0 Å². The van der Waals surface area contributed by atoms with Crippen LogP contribution in [0.4, 0.5) is 8.78 Å². The Morgan fingerprint density at radius 2 is 2.03 bits per heavy atom. The van der Waals surface area contributed by atoms with Gasteiger partial charge in [-0.3, -0.25) is 9.98 Å². The average molecular weight is 498 g/mol. The summed E-state index contributed by atoms with van der Waals surface area (Å²) in [6.45, 7) is 3.18. The first-order chi connectivity index (χ1) is 16.9. The summed E-state index contributed by atoms with van der Waals surface area (Å²) >= 11 is 0. The maximum atomic E-state index is 13.2. The van der Waals surface area contributed by atoms with Gasteiger partial charge in [-0.2, -0.15) is 0 Å². The highest BCUT2D eigenvalue weighted by Crippen LogP contribution is 2.40. The predicted molar refractivity (Wildman–Crippen MR) is 139 cm³/mol. The molecule has 0 aromatic heterocycles. The van der Waals surface area contributed by atoms with Gasteiger partial charge in [-0.1, -0.05) is 32.8 Å². The van der Waals surface area contributed by atoms with Crippen LogP contribution in [-0.2, 0) is 11.3 Å². The number of hydrogen-bond acceptors (Lipinski definition) is 6. The maximum absolute atomic E-state index is 13.2. The molecule has 1 fully saturated rings. The Balaban J connectivity index is 1.23. The van der Waals surface area contributed by atoms with Crippen LogP contribution in [0.15, 0.2) is 75.9 Å². The largest absolute Gasteiger partial charge is 0.492 e. The summed E-state index contributed by atoms with van der Waals surface area (Å²) in [4.78, 5) is 11.0. The lowest BCUT2D eigenvalue weighted by molar-refractivity contribution is 0.140. The molecule has 2 aromatic carbocycles. The van der Waals surface area contributed by atoms with E-state index in [1.165, 1.54) is 29.5 Å². The summed E-state index contributed by atoms with van der Waals surface area (Å²) in [5.74, 6) is 1.91. The summed E-state index contributed by atoms with van der Waals surface area (Å²) in [6, 6.07) is 11.8. The third kappa shape index (κ3) is 7.79. The number of hydrogen-bond donors (Lipinski definition) is 1. The summed E-state index contributed by atoms with van der Waals surface area (Å²) in [6.07, 6.45) is 5.94. The Morgan fingerprint density at radius 3 is 2.74 bits per heavy atom. The Hall–Kier alpha value is -2.93. The third-order valence-electron chi connectivity index (χ3n) is 5.39. The van der Waals surface area contributed by atoms with Gasteiger partial charge in [0.15, 0.2) is 0 Å². The number of nitrogens with zero attached hydrogens (tertiary/aromatic N) is 4. The molecule has 0 spiro atoms. The Kier molecular flexibility index (Phi) is 8.74. The van der Waals surface area contributed by atoms with Crippen LogP contribution in [0.3, 0.4) is 0 Å². The second-order valence-electron chi connectivity index (χ2n) is 8.75. The molecule has 4 rings (SSSR count). The van der Waals surface area contributed by atoms with Gasteiger partial charge in [-0.15, -0.1) is 0 Å². The Bertz CT molecular complexity index is 1120. The smallest absolute Gasteiger partial charge is 0.137 e. The van der Waals surface area contributed by atoms with Crippen LogP contribution in [0.1, 0.15) is 28.9 Å². The standard InChI is InChI=1S/C26H30F2N5OP/c1-32(2)7-4-8-34-25-15-30-26(35-18-25)21-6-3-5-19(9-21)16-33-17-24(31-33)14-29-13-20-10-22(27)12-23(28)11-20/h3,5-6,9-15,18,26,31,35H,4,7-8,16-17H2,1-2H3/b24-14+,29-13+. The van der Waals surface area contributed by atoms with E-state index in [4.69, 9.17) is 9.73 Å². The van der Waals surface area contributed by atoms with Crippen molar-refractivity contribution < 1.29 is 13.5 Å². The zero-order valence-electron chi connectivity index (χ0n) is 19.9. The molecule has 2 aliphatic heterocycles. The quantitative estimate of drug-likeness (QED) is 0.291. The van der Waals surface area contributed by atoms with E-state index >= 15 is 0 Å². The van der Waals surface area contributed by atoms with E-state index < -0.39 is 11.6 Å². The molecular weight excluding hydrogens is 467 g/mol. The van der Waals surface area contributed by atoms with Gasteiger partial charge >= 0.3 is 0 Å². The third-order valence-corrected chi connectivity index (χ3v) is 6.64. The monoisotopic (exact) mass is 497 g/mol. The molecule has 6 nitrogen and oxygen atoms in total. The minimum absolute atomic E-state index is 0.130. The molecule has 0 amide bonds. The van der Waals surface area contributed by atoms with Gasteiger partial charge < -0.3 is 15.1 Å². The molecule has 2 atom stereocenters. The first kappa shape index (κ1) is 25.2. The fraction of sp³-hybridized carbons (Fsp3) is 0.308. The van der Waals surface area contributed by atoms with Gasteiger partial charge in [0.2, 0.25) is 0 Å². The highest BCUT2D eigenvalue weighted by Gasteiger charge is 2.20. The van der Waals surface area contributed by atoms with Crippen LogP contribution in [-0.4, -0.2) is 56.1 Å². The molecule has 0 aliphatic carbocycles. The van der Waals surface area contributed by atoms with Crippen molar-refractivity contribution in [2.24, 2.45) is 9.98 Å². The van der Waals surface area contributed by atoms with Crippen LogP contribution >= 0.6 is 8.58 Å². The normalized spacial score (nSPS) is 19.9. The molecule has 2 aromatic rings. The van der Waals surface area contributed by atoms with E-state index in [2.05, 4.69) is 64.5 Å². The number of hydrazine groups is 1. The van der Waals surface area contributed by atoms with Crippen molar-refractivity contribution in [3.8, 4) is 0 Å². The van der Waals surface area contributed by atoms with Crippen LogP contribution < -0.4 is 5.43 Å². The minimum Gasteiger partial charge on any atom is -0.492 e. The van der Waals surface area contributed by atoms with E-state index in [1.54, 1.807) is 6.20 Å². The molecule has 0 bridgehead atoms. The van der Waals surface area contributed by atoms with Crippen molar-refractivity contribution in [2.45, 2.75) is 18.7 Å². The number of halogens is 2. The zero-order chi connectivity index (χ0) is 24.6. The number of nitrogens with one attached hydrogen (secondary N) is 1. The van der Waals surface area contributed by atoms with Crippen molar-refractivity contribution in [2.75, 3.05) is 33.8 Å². The molecular formula is C26H30F2N5OP. The van der Waals surface area contributed by atoms with E-state index in [9.17, 15) is 8.78 Å². The number of rotatable bonds is 10. The van der Waals surface area contributed by atoms with Gasteiger partial charge in [0.25, 0.3) is 0 Å². The highest BCUT2D eigenvalue weighted by molar-refractivity contribution is 7.42. The SMILES string of the molecule is CN(C)CCCOC1=CPC(c2cccc(CN3C/C(=C\N=C\c4cc(F)cc(F)c4)N3)c2)N=C1. The summed E-state index contributed by atoms with van der Waals surface area (Å²) in [5, 5.41) is 2.08. The zero-order valence-corrected chi connectivity index (χ0v) is 20.9. The molecule has 9 heteroatoms. The number of ether oxygens (including phenoxy) is 1. The summed E-state index contributed by atoms with van der Waals surface area (Å²) in [7, 11) is 4.67. The van der Waals surface area contributed by atoms with Crippen molar-refractivity contribution in [3.05, 3.63) is 94.3 Å².